The highest BCUT2D eigenvalue weighted by Crippen LogP contribution is 2.23. The van der Waals surface area contributed by atoms with E-state index in [0.717, 1.165) is 31.9 Å². The molecule has 0 bridgehead atoms. The number of hydrogen-bond acceptors (Lipinski definition) is 4. The van der Waals surface area contributed by atoms with Crippen molar-refractivity contribution < 1.29 is 14.3 Å². The van der Waals surface area contributed by atoms with Crippen molar-refractivity contribution in [2.75, 3.05) is 20.3 Å². The fourth-order valence-electron chi connectivity index (χ4n) is 2.73. The zero-order chi connectivity index (χ0) is 17.6. The largest absolute Gasteiger partial charge is 0.462 e. The summed E-state index contributed by atoms with van der Waals surface area (Å²) < 4.78 is 11.0. The van der Waals surface area contributed by atoms with E-state index in [4.69, 9.17) is 9.15 Å². The maximum Gasteiger partial charge on any atom is 0.135 e. The molecule has 1 heterocycles. The van der Waals surface area contributed by atoms with E-state index in [1.165, 1.54) is 11.1 Å². The van der Waals surface area contributed by atoms with Crippen LogP contribution in [0.5, 0.6) is 0 Å². The van der Waals surface area contributed by atoms with Crippen LogP contribution in [-0.2, 0) is 23.4 Å². The average molecular weight is 331 g/mol. The Morgan fingerprint density at radius 3 is 2.58 bits per heavy atom. The third-order valence-corrected chi connectivity index (χ3v) is 3.96. The lowest BCUT2D eigenvalue weighted by Gasteiger charge is -2.22. The first kappa shape index (κ1) is 18.7. The lowest BCUT2D eigenvalue weighted by molar-refractivity contribution is 0.0514. The summed E-state index contributed by atoms with van der Waals surface area (Å²) in [6.45, 7) is 8.84. The van der Waals surface area contributed by atoms with E-state index in [9.17, 15) is 5.11 Å². The first-order valence-corrected chi connectivity index (χ1v) is 8.47. The van der Waals surface area contributed by atoms with Crippen LogP contribution >= 0.6 is 0 Å². The van der Waals surface area contributed by atoms with Gasteiger partial charge in [-0.25, -0.2) is 0 Å². The summed E-state index contributed by atoms with van der Waals surface area (Å²) in [6.07, 6.45) is 0.974. The lowest BCUT2D eigenvalue weighted by atomic mass is 10.1. The van der Waals surface area contributed by atoms with Crippen LogP contribution in [0.4, 0.5) is 0 Å². The van der Waals surface area contributed by atoms with E-state index < -0.39 is 5.60 Å². The molecule has 4 heteroatoms. The van der Waals surface area contributed by atoms with Gasteiger partial charge in [-0.15, -0.1) is 0 Å². The molecule has 2 aromatic rings. The minimum atomic E-state index is -0.949. The normalized spacial score (nSPS) is 12.1. The first-order chi connectivity index (χ1) is 11.4. The summed E-state index contributed by atoms with van der Waals surface area (Å²) in [6, 6.07) is 12.4. The van der Waals surface area contributed by atoms with Crippen LogP contribution in [0, 0.1) is 6.92 Å². The fraction of sp³-hybridized carbons (Fsp3) is 0.500. The minimum absolute atomic E-state index is 0.602. The fourth-order valence-corrected chi connectivity index (χ4v) is 2.73. The second kappa shape index (κ2) is 8.47. The molecule has 0 spiro atoms. The van der Waals surface area contributed by atoms with E-state index in [0.29, 0.717) is 12.3 Å². The van der Waals surface area contributed by atoms with Gasteiger partial charge < -0.3 is 14.3 Å². The Morgan fingerprint density at radius 2 is 1.96 bits per heavy atom. The monoisotopic (exact) mass is 331 g/mol. The molecule has 2 rings (SSSR count). The van der Waals surface area contributed by atoms with Crippen LogP contribution in [-0.4, -0.2) is 30.3 Å². The van der Waals surface area contributed by atoms with Crippen molar-refractivity contribution in [3.05, 3.63) is 59.0 Å². The van der Waals surface area contributed by atoms with Crippen LogP contribution < -0.4 is 0 Å². The van der Waals surface area contributed by atoms with Gasteiger partial charge >= 0.3 is 0 Å². The van der Waals surface area contributed by atoms with Crippen molar-refractivity contribution in [3.63, 3.8) is 0 Å². The summed E-state index contributed by atoms with van der Waals surface area (Å²) in [4.78, 5) is 2.35. The molecule has 24 heavy (non-hydrogen) atoms. The second-order valence-corrected chi connectivity index (χ2v) is 6.87. The molecule has 0 aliphatic carbocycles. The molecule has 0 unspecified atom stereocenters. The quantitative estimate of drug-likeness (QED) is 0.709. The van der Waals surface area contributed by atoms with E-state index in [1.54, 1.807) is 21.0 Å². The molecule has 0 amide bonds. The van der Waals surface area contributed by atoms with Gasteiger partial charge in [-0.2, -0.15) is 0 Å². The molecule has 0 saturated carbocycles. The molecule has 0 fully saturated rings. The maximum atomic E-state index is 10.1. The number of ether oxygens (including phenoxy) is 1. The molecule has 132 valence electrons. The predicted molar refractivity (Wildman–Crippen MR) is 95.7 cm³/mol. The molecule has 0 aliphatic rings. The summed E-state index contributed by atoms with van der Waals surface area (Å²) in [5, 5.41) is 10.1. The standard InChI is InChI=1S/C20H29NO3/c1-16-7-5-8-17(13-16)14-21(11-6-12-23-4)15-18-9-10-19(24-18)20(2,3)22/h5,7-10,13,22H,6,11-12,14-15H2,1-4H3. The number of aliphatic hydroxyl groups is 1. The lowest BCUT2D eigenvalue weighted by Crippen LogP contribution is -2.24. The zero-order valence-electron chi connectivity index (χ0n) is 15.2. The Morgan fingerprint density at radius 1 is 1.17 bits per heavy atom. The van der Waals surface area contributed by atoms with Gasteiger partial charge in [0.15, 0.2) is 0 Å². The van der Waals surface area contributed by atoms with Crippen LogP contribution in [0.2, 0.25) is 0 Å². The van der Waals surface area contributed by atoms with Crippen molar-refractivity contribution >= 4 is 0 Å². The van der Waals surface area contributed by atoms with Crippen molar-refractivity contribution in [3.8, 4) is 0 Å². The van der Waals surface area contributed by atoms with Crippen LogP contribution in [0.3, 0.4) is 0 Å². The Kier molecular flexibility index (Phi) is 6.60. The van der Waals surface area contributed by atoms with Gasteiger partial charge in [0.25, 0.3) is 0 Å². The molecule has 0 aliphatic heterocycles. The third-order valence-electron chi connectivity index (χ3n) is 3.96. The number of nitrogens with zero attached hydrogens (tertiary/aromatic N) is 1. The van der Waals surface area contributed by atoms with Crippen molar-refractivity contribution in [1.82, 2.24) is 4.90 Å². The number of aryl methyl sites for hydroxylation is 1. The molecular weight excluding hydrogens is 302 g/mol. The predicted octanol–water partition coefficient (Wildman–Crippen LogP) is 3.85. The Balaban J connectivity index is 2.06. The Labute approximate surface area is 145 Å². The number of benzene rings is 1. The molecule has 1 aromatic carbocycles. The Bertz CT molecular complexity index is 628. The molecule has 0 saturated heterocycles. The highest BCUT2D eigenvalue weighted by Gasteiger charge is 2.21. The summed E-state index contributed by atoms with van der Waals surface area (Å²) in [5.74, 6) is 1.47. The van der Waals surface area contributed by atoms with Gasteiger partial charge in [-0.3, -0.25) is 4.90 Å². The highest BCUT2D eigenvalue weighted by atomic mass is 16.5. The summed E-state index contributed by atoms with van der Waals surface area (Å²) >= 11 is 0. The zero-order valence-corrected chi connectivity index (χ0v) is 15.2. The van der Waals surface area contributed by atoms with Gasteiger partial charge in [-0.1, -0.05) is 29.8 Å². The SMILES string of the molecule is COCCCN(Cc1cccc(C)c1)Cc1ccc(C(C)(C)O)o1. The molecule has 0 atom stereocenters. The molecule has 0 radical (unpaired) electrons. The van der Waals surface area contributed by atoms with Gasteiger partial charge in [0, 0.05) is 26.8 Å². The van der Waals surface area contributed by atoms with Crippen molar-refractivity contribution in [1.29, 1.82) is 0 Å². The second-order valence-electron chi connectivity index (χ2n) is 6.87. The van der Waals surface area contributed by atoms with Gasteiger partial charge in [0.05, 0.1) is 6.54 Å². The number of rotatable bonds is 9. The summed E-state index contributed by atoms with van der Waals surface area (Å²) in [7, 11) is 1.73. The molecule has 1 N–H and O–H groups in total. The number of hydrogen-bond donors (Lipinski definition) is 1. The van der Waals surface area contributed by atoms with Crippen molar-refractivity contribution in [2.45, 2.75) is 45.9 Å². The minimum Gasteiger partial charge on any atom is -0.462 e. The van der Waals surface area contributed by atoms with Gasteiger partial charge in [-0.05, 0) is 44.9 Å². The smallest absolute Gasteiger partial charge is 0.135 e. The van der Waals surface area contributed by atoms with E-state index in [1.807, 2.05) is 12.1 Å². The van der Waals surface area contributed by atoms with Crippen LogP contribution in [0.15, 0.2) is 40.8 Å². The first-order valence-electron chi connectivity index (χ1n) is 8.47. The molecule has 1 aromatic heterocycles. The Hall–Kier alpha value is -1.62. The average Bonchev–Trinajstić information content (AvgIpc) is 2.96. The number of furan rings is 1. The number of methoxy groups -OCH3 is 1. The van der Waals surface area contributed by atoms with Gasteiger partial charge in [0.1, 0.15) is 17.1 Å². The van der Waals surface area contributed by atoms with Crippen LogP contribution in [0.25, 0.3) is 0 Å². The van der Waals surface area contributed by atoms with E-state index in [2.05, 4.69) is 36.1 Å². The molecular formula is C20H29NO3. The van der Waals surface area contributed by atoms with E-state index in [-0.39, 0.29) is 0 Å². The van der Waals surface area contributed by atoms with Crippen molar-refractivity contribution in [2.24, 2.45) is 0 Å². The highest BCUT2D eigenvalue weighted by molar-refractivity contribution is 5.22. The third kappa shape index (κ3) is 5.78. The van der Waals surface area contributed by atoms with Crippen LogP contribution in [0.1, 0.15) is 42.9 Å². The van der Waals surface area contributed by atoms with Gasteiger partial charge in [0.2, 0.25) is 0 Å². The summed E-state index contributed by atoms with van der Waals surface area (Å²) in [5.41, 5.74) is 1.61. The topological polar surface area (TPSA) is 45.8 Å². The van der Waals surface area contributed by atoms with E-state index >= 15 is 0 Å². The molecule has 4 nitrogen and oxygen atoms in total. The maximum absolute atomic E-state index is 10.1.